The fourth-order valence-electron chi connectivity index (χ4n) is 2.32. The lowest BCUT2D eigenvalue weighted by Crippen LogP contribution is -2.32. The van der Waals surface area contributed by atoms with E-state index in [2.05, 4.69) is 15.4 Å². The van der Waals surface area contributed by atoms with Gasteiger partial charge in [0, 0.05) is 24.2 Å². The van der Waals surface area contributed by atoms with E-state index in [-0.39, 0.29) is 17.9 Å². The zero-order valence-electron chi connectivity index (χ0n) is 11.7. The maximum Gasteiger partial charge on any atom is 0.254 e. The zero-order chi connectivity index (χ0) is 14.3. The summed E-state index contributed by atoms with van der Waals surface area (Å²) < 4.78 is 1.68. The molecule has 1 aliphatic rings. The van der Waals surface area contributed by atoms with Crippen LogP contribution in [0.25, 0.3) is 5.65 Å². The summed E-state index contributed by atoms with van der Waals surface area (Å²) in [5.41, 5.74) is 2.81. The molecule has 2 heterocycles. The summed E-state index contributed by atoms with van der Waals surface area (Å²) in [6, 6.07) is 1.87. The second-order valence-electron chi connectivity index (χ2n) is 5.65. The van der Waals surface area contributed by atoms with E-state index < -0.39 is 0 Å². The van der Waals surface area contributed by atoms with E-state index in [1.165, 1.54) is 0 Å². The van der Waals surface area contributed by atoms with E-state index in [1.807, 2.05) is 19.9 Å². The SMILES string of the molecule is Cc1cc2ncc(C(=O)NCC3(CO)CC3)c(C)n2n1. The van der Waals surface area contributed by atoms with Crippen LogP contribution in [-0.4, -0.2) is 38.8 Å². The summed E-state index contributed by atoms with van der Waals surface area (Å²) >= 11 is 0. The minimum Gasteiger partial charge on any atom is -0.396 e. The third-order valence-electron chi connectivity index (χ3n) is 4.01. The minimum absolute atomic E-state index is 0.0939. The Balaban J connectivity index is 1.82. The number of fused-ring (bicyclic) bond motifs is 1. The second kappa shape index (κ2) is 4.56. The summed E-state index contributed by atoms with van der Waals surface area (Å²) in [6.07, 6.45) is 3.52. The molecular weight excluding hydrogens is 256 g/mol. The first-order valence-corrected chi connectivity index (χ1v) is 6.76. The van der Waals surface area contributed by atoms with Gasteiger partial charge < -0.3 is 10.4 Å². The molecule has 0 spiro atoms. The molecule has 1 fully saturated rings. The average molecular weight is 274 g/mol. The van der Waals surface area contributed by atoms with Crippen molar-refractivity contribution in [2.45, 2.75) is 26.7 Å². The maximum absolute atomic E-state index is 12.2. The first-order valence-electron chi connectivity index (χ1n) is 6.76. The lowest BCUT2D eigenvalue weighted by Gasteiger charge is -2.13. The quantitative estimate of drug-likeness (QED) is 0.866. The van der Waals surface area contributed by atoms with Gasteiger partial charge in [-0.2, -0.15) is 5.10 Å². The number of carbonyl (C=O) groups is 1. The van der Waals surface area contributed by atoms with Crippen molar-refractivity contribution in [2.75, 3.05) is 13.2 Å². The van der Waals surface area contributed by atoms with Crippen LogP contribution in [0.1, 0.15) is 34.6 Å². The molecule has 106 valence electrons. The highest BCUT2D eigenvalue weighted by molar-refractivity contribution is 5.95. The molecule has 0 aliphatic heterocycles. The number of hydrogen-bond acceptors (Lipinski definition) is 4. The Morgan fingerprint density at radius 3 is 2.90 bits per heavy atom. The molecule has 0 saturated heterocycles. The van der Waals surface area contributed by atoms with Crippen molar-refractivity contribution >= 4 is 11.6 Å². The van der Waals surface area contributed by atoms with Crippen molar-refractivity contribution in [3.8, 4) is 0 Å². The van der Waals surface area contributed by atoms with E-state index >= 15 is 0 Å². The second-order valence-corrected chi connectivity index (χ2v) is 5.65. The lowest BCUT2D eigenvalue weighted by atomic mass is 10.1. The van der Waals surface area contributed by atoms with Crippen LogP contribution >= 0.6 is 0 Å². The number of aliphatic hydroxyl groups excluding tert-OH is 1. The van der Waals surface area contributed by atoms with Gasteiger partial charge in [-0.1, -0.05) is 0 Å². The lowest BCUT2D eigenvalue weighted by molar-refractivity contribution is 0.0933. The normalized spacial score (nSPS) is 16.4. The number of hydrogen-bond donors (Lipinski definition) is 2. The fraction of sp³-hybridized carbons (Fsp3) is 0.500. The molecule has 0 aromatic carbocycles. The number of rotatable bonds is 4. The highest BCUT2D eigenvalue weighted by Gasteiger charge is 2.42. The topological polar surface area (TPSA) is 79.5 Å². The largest absolute Gasteiger partial charge is 0.396 e. The van der Waals surface area contributed by atoms with Crippen molar-refractivity contribution in [1.82, 2.24) is 19.9 Å². The Morgan fingerprint density at radius 2 is 2.25 bits per heavy atom. The van der Waals surface area contributed by atoms with Crippen LogP contribution in [0.3, 0.4) is 0 Å². The smallest absolute Gasteiger partial charge is 0.254 e. The summed E-state index contributed by atoms with van der Waals surface area (Å²) in [4.78, 5) is 16.5. The Morgan fingerprint density at radius 1 is 1.50 bits per heavy atom. The molecule has 2 N–H and O–H groups in total. The molecule has 0 radical (unpaired) electrons. The molecule has 0 atom stereocenters. The van der Waals surface area contributed by atoms with Gasteiger partial charge >= 0.3 is 0 Å². The monoisotopic (exact) mass is 274 g/mol. The molecule has 6 nitrogen and oxygen atoms in total. The van der Waals surface area contributed by atoms with E-state index in [0.717, 1.165) is 29.9 Å². The first kappa shape index (κ1) is 13.1. The van der Waals surface area contributed by atoms with Crippen LogP contribution in [0, 0.1) is 19.3 Å². The Kier molecular flexibility index (Phi) is 2.97. The van der Waals surface area contributed by atoms with Gasteiger partial charge in [0.05, 0.1) is 23.6 Å². The molecule has 20 heavy (non-hydrogen) atoms. The van der Waals surface area contributed by atoms with E-state index in [0.29, 0.717) is 12.1 Å². The Labute approximate surface area is 116 Å². The predicted octanol–water partition coefficient (Wildman–Crippen LogP) is 0.848. The summed E-state index contributed by atoms with van der Waals surface area (Å²) in [5.74, 6) is -0.162. The van der Waals surface area contributed by atoms with Crippen LogP contribution in [0.2, 0.25) is 0 Å². The Bertz CT molecular complexity index is 673. The predicted molar refractivity (Wildman–Crippen MR) is 73.5 cm³/mol. The van der Waals surface area contributed by atoms with Crippen molar-refractivity contribution < 1.29 is 9.90 Å². The van der Waals surface area contributed by atoms with Crippen molar-refractivity contribution in [1.29, 1.82) is 0 Å². The summed E-state index contributed by atoms with van der Waals surface area (Å²) in [7, 11) is 0. The van der Waals surface area contributed by atoms with Gasteiger partial charge in [-0.05, 0) is 26.7 Å². The van der Waals surface area contributed by atoms with Gasteiger partial charge in [0.2, 0.25) is 0 Å². The molecule has 2 aromatic rings. The number of aromatic nitrogens is 3. The molecule has 6 heteroatoms. The maximum atomic E-state index is 12.2. The van der Waals surface area contributed by atoms with Crippen LogP contribution in [0.5, 0.6) is 0 Å². The first-order chi connectivity index (χ1) is 9.54. The number of aliphatic hydroxyl groups is 1. The van der Waals surface area contributed by atoms with Crippen LogP contribution < -0.4 is 5.32 Å². The minimum atomic E-state index is -0.162. The number of amides is 1. The fourth-order valence-corrected chi connectivity index (χ4v) is 2.32. The molecule has 1 aliphatic carbocycles. The summed E-state index contributed by atoms with van der Waals surface area (Å²) in [5, 5.41) is 16.5. The van der Waals surface area contributed by atoms with E-state index in [1.54, 1.807) is 10.7 Å². The molecule has 1 amide bonds. The number of aryl methyl sites for hydroxylation is 2. The van der Waals surface area contributed by atoms with Crippen LogP contribution in [0.15, 0.2) is 12.3 Å². The molecule has 0 bridgehead atoms. The van der Waals surface area contributed by atoms with Gasteiger partial charge in [-0.15, -0.1) is 0 Å². The van der Waals surface area contributed by atoms with Gasteiger partial charge in [0.25, 0.3) is 5.91 Å². The van der Waals surface area contributed by atoms with Gasteiger partial charge in [0.15, 0.2) is 5.65 Å². The number of nitrogens with zero attached hydrogens (tertiary/aromatic N) is 3. The van der Waals surface area contributed by atoms with Crippen molar-refractivity contribution in [2.24, 2.45) is 5.41 Å². The highest BCUT2D eigenvalue weighted by atomic mass is 16.3. The number of nitrogens with one attached hydrogen (secondary N) is 1. The third-order valence-corrected chi connectivity index (χ3v) is 4.01. The van der Waals surface area contributed by atoms with Crippen LogP contribution in [-0.2, 0) is 0 Å². The van der Waals surface area contributed by atoms with Gasteiger partial charge in [-0.3, -0.25) is 4.79 Å². The zero-order valence-corrected chi connectivity index (χ0v) is 11.7. The van der Waals surface area contributed by atoms with E-state index in [9.17, 15) is 9.90 Å². The number of carbonyl (C=O) groups excluding carboxylic acids is 1. The van der Waals surface area contributed by atoms with Crippen LogP contribution in [0.4, 0.5) is 0 Å². The standard InChI is InChI=1S/C14H18N4O2/c1-9-5-12-15-6-11(10(2)18(12)17-9)13(20)16-7-14(8-19)3-4-14/h5-6,19H,3-4,7-8H2,1-2H3,(H,16,20). The summed E-state index contributed by atoms with van der Waals surface area (Å²) in [6.45, 7) is 4.39. The van der Waals surface area contributed by atoms with E-state index in [4.69, 9.17) is 0 Å². The molecule has 2 aromatic heterocycles. The highest BCUT2D eigenvalue weighted by Crippen LogP contribution is 2.44. The van der Waals surface area contributed by atoms with Gasteiger partial charge in [0.1, 0.15) is 0 Å². The molecule has 3 rings (SSSR count). The molecule has 1 saturated carbocycles. The third kappa shape index (κ3) is 2.16. The Hall–Kier alpha value is -1.95. The molecular formula is C14H18N4O2. The molecule has 0 unspecified atom stereocenters. The van der Waals surface area contributed by atoms with Crippen molar-refractivity contribution in [3.05, 3.63) is 29.2 Å². The van der Waals surface area contributed by atoms with Crippen molar-refractivity contribution in [3.63, 3.8) is 0 Å². The average Bonchev–Trinajstić information content (AvgIpc) is 3.11. The van der Waals surface area contributed by atoms with Gasteiger partial charge in [-0.25, -0.2) is 9.50 Å².